The van der Waals surface area contributed by atoms with Crippen LogP contribution in [0.3, 0.4) is 0 Å². The van der Waals surface area contributed by atoms with Crippen LogP contribution in [0.1, 0.15) is 21.6 Å². The van der Waals surface area contributed by atoms with Crippen molar-refractivity contribution in [2.24, 2.45) is 7.05 Å². The lowest BCUT2D eigenvalue weighted by Crippen LogP contribution is -2.19. The van der Waals surface area contributed by atoms with Crippen LogP contribution < -0.4 is 9.47 Å². The van der Waals surface area contributed by atoms with Gasteiger partial charge >= 0.3 is 5.97 Å². The monoisotopic (exact) mass is 365 g/mol. The molecule has 0 unspecified atom stereocenters. The molecule has 0 atom stereocenters. The fourth-order valence-corrected chi connectivity index (χ4v) is 3.04. The Morgan fingerprint density at radius 3 is 2.67 bits per heavy atom. The maximum absolute atomic E-state index is 11.9. The normalized spacial score (nSPS) is 12.7. The quantitative estimate of drug-likeness (QED) is 0.662. The van der Waals surface area contributed by atoms with Crippen LogP contribution in [0.15, 0.2) is 42.7 Å². The van der Waals surface area contributed by atoms with E-state index in [2.05, 4.69) is 34.3 Å². The van der Waals surface area contributed by atoms with Crippen LogP contribution in [0.2, 0.25) is 0 Å². The highest BCUT2D eigenvalue weighted by atomic mass is 16.6. The Labute approximate surface area is 156 Å². The number of ether oxygens (including phenoxy) is 3. The SMILES string of the molecule is COC(=O)c1cc(Cc2ccc(-c3cnn(C)c3)cc2)c2c(n1)OCCO2. The third-order valence-electron chi connectivity index (χ3n) is 4.37. The number of carbonyl (C=O) groups is 1. The van der Waals surface area contributed by atoms with E-state index in [0.29, 0.717) is 31.3 Å². The lowest BCUT2D eigenvalue weighted by atomic mass is 10.0. The van der Waals surface area contributed by atoms with Crippen molar-refractivity contribution in [1.29, 1.82) is 0 Å². The van der Waals surface area contributed by atoms with Crippen molar-refractivity contribution >= 4 is 5.97 Å². The summed E-state index contributed by atoms with van der Waals surface area (Å²) in [5.41, 5.74) is 4.30. The highest BCUT2D eigenvalue weighted by Crippen LogP contribution is 2.34. The van der Waals surface area contributed by atoms with Gasteiger partial charge in [0.15, 0.2) is 11.4 Å². The van der Waals surface area contributed by atoms with Crippen LogP contribution in [0, 0.1) is 0 Å². The second-order valence-electron chi connectivity index (χ2n) is 6.27. The van der Waals surface area contributed by atoms with Gasteiger partial charge < -0.3 is 14.2 Å². The molecule has 1 aromatic carbocycles. The first kappa shape index (κ1) is 17.1. The van der Waals surface area contributed by atoms with Crippen molar-refractivity contribution < 1.29 is 19.0 Å². The summed E-state index contributed by atoms with van der Waals surface area (Å²) in [7, 11) is 3.23. The molecule has 7 nitrogen and oxygen atoms in total. The topological polar surface area (TPSA) is 75.5 Å². The van der Waals surface area contributed by atoms with E-state index in [9.17, 15) is 4.79 Å². The van der Waals surface area contributed by atoms with Gasteiger partial charge in [-0.05, 0) is 17.2 Å². The first-order valence-electron chi connectivity index (χ1n) is 8.60. The van der Waals surface area contributed by atoms with Gasteiger partial charge in [0.1, 0.15) is 13.2 Å². The Balaban J connectivity index is 1.64. The molecule has 1 aliphatic rings. The predicted octanol–water partition coefficient (Wildman–Crippen LogP) is 2.63. The largest absolute Gasteiger partial charge is 0.484 e. The van der Waals surface area contributed by atoms with Crippen molar-refractivity contribution in [1.82, 2.24) is 14.8 Å². The first-order valence-corrected chi connectivity index (χ1v) is 8.60. The summed E-state index contributed by atoms with van der Waals surface area (Å²) < 4.78 is 17.9. The zero-order chi connectivity index (χ0) is 18.8. The van der Waals surface area contributed by atoms with Gasteiger partial charge in [-0.25, -0.2) is 9.78 Å². The molecular formula is C20H19N3O4. The van der Waals surface area contributed by atoms with Crippen LogP contribution in [0.5, 0.6) is 11.6 Å². The molecule has 0 bridgehead atoms. The summed E-state index contributed by atoms with van der Waals surface area (Å²) in [6.45, 7) is 0.864. The molecule has 27 heavy (non-hydrogen) atoms. The molecule has 0 fully saturated rings. The van der Waals surface area contributed by atoms with Crippen LogP contribution >= 0.6 is 0 Å². The van der Waals surface area contributed by atoms with Gasteiger partial charge in [0.25, 0.3) is 5.88 Å². The summed E-state index contributed by atoms with van der Waals surface area (Å²) in [6.07, 6.45) is 4.40. The highest BCUT2D eigenvalue weighted by Gasteiger charge is 2.22. The lowest BCUT2D eigenvalue weighted by Gasteiger charge is -2.21. The van der Waals surface area contributed by atoms with Crippen LogP contribution in [-0.2, 0) is 18.2 Å². The number of esters is 1. The van der Waals surface area contributed by atoms with E-state index in [1.165, 1.54) is 7.11 Å². The number of fused-ring (bicyclic) bond motifs is 1. The summed E-state index contributed by atoms with van der Waals surface area (Å²) >= 11 is 0. The van der Waals surface area contributed by atoms with Gasteiger partial charge in [-0.3, -0.25) is 4.68 Å². The third kappa shape index (κ3) is 3.48. The average molecular weight is 365 g/mol. The van der Waals surface area contributed by atoms with E-state index >= 15 is 0 Å². The number of carbonyl (C=O) groups excluding carboxylic acids is 1. The van der Waals surface area contributed by atoms with Gasteiger partial charge in [0.05, 0.1) is 13.3 Å². The molecular weight excluding hydrogens is 346 g/mol. The van der Waals surface area contributed by atoms with E-state index in [0.717, 1.165) is 22.3 Å². The number of aromatic nitrogens is 3. The summed E-state index contributed by atoms with van der Waals surface area (Å²) in [5.74, 6) is 0.427. The third-order valence-corrected chi connectivity index (χ3v) is 4.37. The molecule has 2 aromatic heterocycles. The van der Waals surface area contributed by atoms with E-state index in [-0.39, 0.29) is 5.69 Å². The molecule has 1 aliphatic heterocycles. The summed E-state index contributed by atoms with van der Waals surface area (Å²) in [5, 5.41) is 4.20. The second-order valence-corrected chi connectivity index (χ2v) is 6.27. The standard InChI is InChI=1S/C20H19N3O4/c1-23-12-16(11-21-23)14-5-3-13(4-6-14)9-15-10-17(20(24)25-2)22-19-18(15)26-7-8-27-19/h3-6,10-12H,7-9H2,1-2H3. The predicted molar refractivity (Wildman–Crippen MR) is 98.0 cm³/mol. The smallest absolute Gasteiger partial charge is 0.356 e. The average Bonchev–Trinajstić information content (AvgIpc) is 3.14. The first-order chi connectivity index (χ1) is 13.1. The number of pyridine rings is 1. The Hall–Kier alpha value is -3.35. The molecule has 0 saturated carbocycles. The Bertz CT molecular complexity index is 979. The van der Waals surface area contributed by atoms with Gasteiger partial charge in [-0.1, -0.05) is 24.3 Å². The maximum Gasteiger partial charge on any atom is 0.356 e. The van der Waals surface area contributed by atoms with Crippen molar-refractivity contribution in [3.8, 4) is 22.8 Å². The number of rotatable bonds is 4. The molecule has 0 N–H and O–H groups in total. The van der Waals surface area contributed by atoms with E-state index in [1.807, 2.05) is 19.4 Å². The van der Waals surface area contributed by atoms with Crippen LogP contribution in [0.4, 0.5) is 0 Å². The van der Waals surface area contributed by atoms with Gasteiger partial charge in [-0.15, -0.1) is 0 Å². The molecule has 3 aromatic rings. The second kappa shape index (κ2) is 7.11. The van der Waals surface area contributed by atoms with E-state index < -0.39 is 5.97 Å². The maximum atomic E-state index is 11.9. The molecule has 0 saturated heterocycles. The Morgan fingerprint density at radius 1 is 1.19 bits per heavy atom. The van der Waals surface area contributed by atoms with Crippen molar-refractivity contribution in [3.63, 3.8) is 0 Å². The molecule has 3 heterocycles. The molecule has 0 aliphatic carbocycles. The minimum Gasteiger partial charge on any atom is -0.484 e. The highest BCUT2D eigenvalue weighted by molar-refractivity contribution is 5.88. The van der Waals surface area contributed by atoms with Crippen molar-refractivity contribution in [2.75, 3.05) is 20.3 Å². The zero-order valence-corrected chi connectivity index (χ0v) is 15.1. The number of hydrogen-bond donors (Lipinski definition) is 0. The van der Waals surface area contributed by atoms with E-state index in [1.54, 1.807) is 10.7 Å². The number of hydrogen-bond acceptors (Lipinski definition) is 6. The van der Waals surface area contributed by atoms with Crippen LogP contribution in [-0.4, -0.2) is 41.1 Å². The van der Waals surface area contributed by atoms with Gasteiger partial charge in [-0.2, -0.15) is 5.10 Å². The van der Waals surface area contributed by atoms with Crippen molar-refractivity contribution in [3.05, 3.63) is 59.5 Å². The lowest BCUT2D eigenvalue weighted by molar-refractivity contribution is 0.0591. The molecule has 4 rings (SSSR count). The van der Waals surface area contributed by atoms with Crippen LogP contribution in [0.25, 0.3) is 11.1 Å². The van der Waals surface area contributed by atoms with E-state index in [4.69, 9.17) is 14.2 Å². The summed E-state index contributed by atoms with van der Waals surface area (Å²) in [4.78, 5) is 16.1. The molecule has 0 radical (unpaired) electrons. The minimum absolute atomic E-state index is 0.212. The fourth-order valence-electron chi connectivity index (χ4n) is 3.04. The van der Waals surface area contributed by atoms with Gasteiger partial charge in [0, 0.05) is 30.8 Å². The Kier molecular flexibility index (Phi) is 4.50. The number of nitrogens with zero attached hydrogens (tertiary/aromatic N) is 3. The van der Waals surface area contributed by atoms with Gasteiger partial charge in [0.2, 0.25) is 0 Å². The number of aryl methyl sites for hydroxylation is 1. The minimum atomic E-state index is -0.500. The number of benzene rings is 1. The number of methoxy groups -OCH3 is 1. The molecule has 138 valence electrons. The van der Waals surface area contributed by atoms with Crippen molar-refractivity contribution in [2.45, 2.75) is 6.42 Å². The molecule has 0 amide bonds. The fraction of sp³-hybridized carbons (Fsp3) is 0.250. The zero-order valence-electron chi connectivity index (χ0n) is 15.1. The summed E-state index contributed by atoms with van der Waals surface area (Å²) in [6, 6.07) is 9.92. The Morgan fingerprint density at radius 2 is 1.96 bits per heavy atom. The molecule has 7 heteroatoms. The molecule has 0 spiro atoms.